The Morgan fingerprint density at radius 1 is 1.03 bits per heavy atom. The first kappa shape index (κ1) is 24.5. The van der Waals surface area contributed by atoms with Crippen molar-refractivity contribution in [1.29, 1.82) is 0 Å². The van der Waals surface area contributed by atoms with E-state index in [2.05, 4.69) is 5.32 Å². The molecule has 9 nitrogen and oxygen atoms in total. The fourth-order valence-electron chi connectivity index (χ4n) is 4.00. The standard InChI is InChI=1S/C25H28N4O5S/c1-6-9-29-24(31)23-22(19-13-16(32-3)7-8-20(19)28(23)2)27-25(29)35-14-21(30)26-15-10-17(33-4)12-18(11-15)34-5/h7-8,10-13H,6,9,14H2,1-5H3,(H,26,30). The maximum Gasteiger partial charge on any atom is 0.278 e. The van der Waals surface area contributed by atoms with Crippen LogP contribution in [-0.4, -0.2) is 47.1 Å². The van der Waals surface area contributed by atoms with E-state index in [0.717, 1.165) is 17.3 Å². The Hall–Kier alpha value is -3.66. The van der Waals surface area contributed by atoms with Crippen molar-refractivity contribution in [2.24, 2.45) is 7.05 Å². The third-order valence-electron chi connectivity index (χ3n) is 5.68. The molecule has 0 bridgehead atoms. The third-order valence-corrected chi connectivity index (χ3v) is 6.66. The Morgan fingerprint density at radius 2 is 1.71 bits per heavy atom. The second-order valence-electron chi connectivity index (χ2n) is 7.93. The number of anilines is 1. The summed E-state index contributed by atoms with van der Waals surface area (Å²) < 4.78 is 19.4. The van der Waals surface area contributed by atoms with Crippen LogP contribution < -0.4 is 25.1 Å². The molecule has 1 N–H and O–H groups in total. The summed E-state index contributed by atoms with van der Waals surface area (Å²) in [5.74, 6) is 1.68. The number of nitrogens with zero attached hydrogens (tertiary/aromatic N) is 3. The fourth-order valence-corrected chi connectivity index (χ4v) is 4.82. The van der Waals surface area contributed by atoms with Gasteiger partial charge >= 0.3 is 0 Å². The van der Waals surface area contributed by atoms with Crippen molar-refractivity contribution < 1.29 is 19.0 Å². The van der Waals surface area contributed by atoms with E-state index in [-0.39, 0.29) is 17.2 Å². The number of nitrogens with one attached hydrogen (secondary N) is 1. The molecule has 0 aliphatic rings. The number of methoxy groups -OCH3 is 3. The first-order chi connectivity index (χ1) is 16.9. The summed E-state index contributed by atoms with van der Waals surface area (Å²) in [6.45, 7) is 2.50. The number of aromatic nitrogens is 3. The molecule has 1 amide bonds. The van der Waals surface area contributed by atoms with Gasteiger partial charge in [0.1, 0.15) is 28.3 Å². The molecular formula is C25H28N4O5S. The van der Waals surface area contributed by atoms with Gasteiger partial charge in [-0.05, 0) is 24.6 Å². The molecule has 2 aromatic heterocycles. The van der Waals surface area contributed by atoms with Crippen LogP contribution in [0.25, 0.3) is 21.9 Å². The van der Waals surface area contributed by atoms with Gasteiger partial charge < -0.3 is 24.1 Å². The Bertz CT molecular complexity index is 1440. The van der Waals surface area contributed by atoms with E-state index in [1.807, 2.05) is 36.7 Å². The van der Waals surface area contributed by atoms with Gasteiger partial charge in [-0.15, -0.1) is 0 Å². The number of carbonyl (C=O) groups excluding carboxylic acids is 1. The van der Waals surface area contributed by atoms with Gasteiger partial charge in [0.15, 0.2) is 5.16 Å². The van der Waals surface area contributed by atoms with E-state index in [1.54, 1.807) is 44.1 Å². The number of carbonyl (C=O) groups is 1. The number of fused-ring (bicyclic) bond motifs is 3. The molecule has 4 aromatic rings. The van der Waals surface area contributed by atoms with E-state index in [0.29, 0.717) is 45.7 Å². The molecule has 0 spiro atoms. The van der Waals surface area contributed by atoms with E-state index in [4.69, 9.17) is 19.2 Å². The predicted octanol–water partition coefficient (Wildman–Crippen LogP) is 4.05. The quantitative estimate of drug-likeness (QED) is 0.276. The molecule has 4 rings (SSSR count). The van der Waals surface area contributed by atoms with E-state index in [1.165, 1.54) is 11.8 Å². The van der Waals surface area contributed by atoms with Crippen LogP contribution in [0.15, 0.2) is 46.3 Å². The van der Waals surface area contributed by atoms with Crippen LogP contribution in [0, 0.1) is 0 Å². The first-order valence-electron chi connectivity index (χ1n) is 11.1. The predicted molar refractivity (Wildman–Crippen MR) is 138 cm³/mol. The Kier molecular flexibility index (Phi) is 7.20. The maximum absolute atomic E-state index is 13.5. The lowest BCUT2D eigenvalue weighted by molar-refractivity contribution is -0.113. The summed E-state index contributed by atoms with van der Waals surface area (Å²) in [5.41, 5.74) is 2.44. The summed E-state index contributed by atoms with van der Waals surface area (Å²) in [6.07, 6.45) is 0.758. The minimum absolute atomic E-state index is 0.0786. The molecule has 0 aliphatic heterocycles. The van der Waals surface area contributed by atoms with Crippen LogP contribution in [0.4, 0.5) is 5.69 Å². The van der Waals surface area contributed by atoms with Gasteiger partial charge in [-0.1, -0.05) is 18.7 Å². The highest BCUT2D eigenvalue weighted by Gasteiger charge is 2.19. The summed E-state index contributed by atoms with van der Waals surface area (Å²) in [7, 11) is 6.56. The lowest BCUT2D eigenvalue weighted by Gasteiger charge is -2.12. The molecule has 0 saturated carbocycles. The van der Waals surface area contributed by atoms with Gasteiger partial charge in [0.25, 0.3) is 5.56 Å². The minimum Gasteiger partial charge on any atom is -0.497 e. The highest BCUT2D eigenvalue weighted by atomic mass is 32.2. The largest absolute Gasteiger partial charge is 0.497 e. The van der Waals surface area contributed by atoms with E-state index in [9.17, 15) is 9.59 Å². The highest BCUT2D eigenvalue weighted by molar-refractivity contribution is 7.99. The number of ether oxygens (including phenoxy) is 3. The van der Waals surface area contributed by atoms with Crippen molar-refractivity contribution in [2.45, 2.75) is 25.0 Å². The first-order valence-corrected chi connectivity index (χ1v) is 12.1. The van der Waals surface area contributed by atoms with Gasteiger partial charge in [0.2, 0.25) is 5.91 Å². The number of amides is 1. The monoisotopic (exact) mass is 496 g/mol. The molecule has 0 unspecified atom stereocenters. The Morgan fingerprint density at radius 3 is 2.34 bits per heavy atom. The number of benzene rings is 2. The zero-order valence-electron chi connectivity index (χ0n) is 20.4. The van der Waals surface area contributed by atoms with Crippen LogP contribution >= 0.6 is 11.8 Å². The van der Waals surface area contributed by atoms with Gasteiger partial charge in [0, 0.05) is 42.9 Å². The molecule has 0 aliphatic carbocycles. The van der Waals surface area contributed by atoms with Gasteiger partial charge in [0.05, 0.1) is 32.6 Å². The zero-order chi connectivity index (χ0) is 25.1. The zero-order valence-corrected chi connectivity index (χ0v) is 21.2. The van der Waals surface area contributed by atoms with Gasteiger partial charge in [-0.3, -0.25) is 14.2 Å². The third kappa shape index (κ3) is 4.79. The van der Waals surface area contributed by atoms with Crippen LogP contribution in [0.5, 0.6) is 17.2 Å². The summed E-state index contributed by atoms with van der Waals surface area (Å²) in [4.78, 5) is 31.1. The SMILES string of the molecule is CCCn1c(SCC(=O)Nc2cc(OC)cc(OC)c2)nc2c3cc(OC)ccc3n(C)c2c1=O. The highest BCUT2D eigenvalue weighted by Crippen LogP contribution is 2.30. The van der Waals surface area contributed by atoms with Crippen molar-refractivity contribution in [1.82, 2.24) is 14.1 Å². The lowest BCUT2D eigenvalue weighted by Crippen LogP contribution is -2.25. The number of rotatable bonds is 9. The van der Waals surface area contributed by atoms with Crippen molar-refractivity contribution in [3.8, 4) is 17.2 Å². The van der Waals surface area contributed by atoms with Crippen molar-refractivity contribution >= 4 is 45.3 Å². The average molecular weight is 497 g/mol. The second-order valence-corrected chi connectivity index (χ2v) is 8.87. The fraction of sp³-hybridized carbons (Fsp3) is 0.320. The maximum atomic E-state index is 13.5. The van der Waals surface area contributed by atoms with Crippen LogP contribution in [0.2, 0.25) is 0 Å². The molecule has 2 aromatic carbocycles. The van der Waals surface area contributed by atoms with Crippen molar-refractivity contribution in [3.05, 3.63) is 46.8 Å². The average Bonchev–Trinajstić information content (AvgIpc) is 3.15. The molecule has 0 radical (unpaired) electrons. The number of aryl methyl sites for hydroxylation is 1. The van der Waals surface area contributed by atoms with E-state index >= 15 is 0 Å². The van der Waals surface area contributed by atoms with Crippen molar-refractivity contribution in [2.75, 3.05) is 32.4 Å². The van der Waals surface area contributed by atoms with Crippen molar-refractivity contribution in [3.63, 3.8) is 0 Å². The summed E-state index contributed by atoms with van der Waals surface area (Å²) >= 11 is 1.23. The van der Waals surface area contributed by atoms with Crippen LogP contribution in [-0.2, 0) is 18.4 Å². The second kappa shape index (κ2) is 10.3. The molecule has 184 valence electrons. The molecule has 10 heteroatoms. The number of hydrogen-bond donors (Lipinski definition) is 1. The molecule has 0 atom stereocenters. The molecule has 2 heterocycles. The molecular weight excluding hydrogens is 468 g/mol. The molecule has 0 fully saturated rings. The Balaban J connectivity index is 1.68. The van der Waals surface area contributed by atoms with Crippen LogP contribution in [0.1, 0.15) is 13.3 Å². The summed E-state index contributed by atoms with van der Waals surface area (Å²) in [6, 6.07) is 10.8. The Labute approximate surface area is 207 Å². The van der Waals surface area contributed by atoms with Crippen LogP contribution in [0.3, 0.4) is 0 Å². The van der Waals surface area contributed by atoms with E-state index < -0.39 is 0 Å². The number of hydrogen-bond acceptors (Lipinski definition) is 7. The lowest BCUT2D eigenvalue weighted by atomic mass is 10.2. The normalized spacial score (nSPS) is 11.1. The molecule has 35 heavy (non-hydrogen) atoms. The van der Waals surface area contributed by atoms with Gasteiger partial charge in [-0.25, -0.2) is 4.98 Å². The summed E-state index contributed by atoms with van der Waals surface area (Å²) in [5, 5.41) is 4.19. The molecule has 0 saturated heterocycles. The smallest absolute Gasteiger partial charge is 0.278 e. The minimum atomic E-state index is -0.234. The van der Waals surface area contributed by atoms with Gasteiger partial charge in [-0.2, -0.15) is 0 Å². The topological polar surface area (TPSA) is 96.6 Å². The number of thioether (sulfide) groups is 1.